The minimum atomic E-state index is -1.62. The molecule has 40 heavy (non-hydrogen) atoms. The number of rotatable bonds is 6. The van der Waals surface area contributed by atoms with Crippen molar-refractivity contribution < 1.29 is 38.5 Å². The molecule has 0 aliphatic heterocycles. The van der Waals surface area contributed by atoms with Crippen molar-refractivity contribution in [3.05, 3.63) is 59.2 Å². The minimum absolute atomic E-state index is 0.00981. The Balaban J connectivity index is 1.79. The summed E-state index contributed by atoms with van der Waals surface area (Å²) < 4.78 is 17.2. The number of fused-ring (bicyclic) bond motifs is 2. The average molecular weight is 553 g/mol. The SMILES string of the molecule is CC(=O)OC/C1=C/[C@H]2[C@@H](OC(=O)[C@H](O)c3ccccc3)[C@@H](C)C[C@]2(OC(C)=O)C(=O)/C(C)=C/[C@@H]2[C@H](CC1)C2(C)C. The largest absolute Gasteiger partial charge is 0.461 e. The zero-order valence-corrected chi connectivity index (χ0v) is 24.1. The van der Waals surface area contributed by atoms with Crippen LogP contribution in [-0.2, 0) is 33.4 Å². The molecule has 1 aromatic rings. The highest BCUT2D eigenvalue weighted by atomic mass is 16.6. The van der Waals surface area contributed by atoms with Gasteiger partial charge in [0.15, 0.2) is 11.7 Å². The summed E-state index contributed by atoms with van der Waals surface area (Å²) in [5.74, 6) is -2.94. The number of aliphatic hydroxyl groups is 1. The van der Waals surface area contributed by atoms with E-state index >= 15 is 0 Å². The number of carbonyl (C=O) groups is 4. The number of benzene rings is 1. The topological polar surface area (TPSA) is 116 Å². The Kier molecular flexibility index (Phi) is 8.41. The van der Waals surface area contributed by atoms with Gasteiger partial charge in [-0.15, -0.1) is 0 Å². The molecule has 0 aromatic heterocycles. The van der Waals surface area contributed by atoms with Crippen molar-refractivity contribution in [1.82, 2.24) is 0 Å². The van der Waals surface area contributed by atoms with Gasteiger partial charge >= 0.3 is 17.9 Å². The minimum Gasteiger partial charge on any atom is -0.461 e. The molecular weight excluding hydrogens is 512 g/mol. The molecule has 0 saturated heterocycles. The monoisotopic (exact) mass is 552 g/mol. The first-order chi connectivity index (χ1) is 18.8. The number of ketones is 1. The van der Waals surface area contributed by atoms with Crippen LogP contribution >= 0.6 is 0 Å². The summed E-state index contributed by atoms with van der Waals surface area (Å²) in [5, 5.41) is 10.7. The predicted octanol–water partition coefficient (Wildman–Crippen LogP) is 4.66. The fourth-order valence-corrected chi connectivity index (χ4v) is 6.74. The summed E-state index contributed by atoms with van der Waals surface area (Å²) in [5.41, 5.74) is 0.0520. The maximum Gasteiger partial charge on any atom is 0.339 e. The summed E-state index contributed by atoms with van der Waals surface area (Å²) in [6, 6.07) is 8.45. The van der Waals surface area contributed by atoms with Crippen LogP contribution in [0, 0.1) is 29.1 Å². The van der Waals surface area contributed by atoms with Gasteiger partial charge in [-0.2, -0.15) is 0 Å². The van der Waals surface area contributed by atoms with Crippen LogP contribution in [0.5, 0.6) is 0 Å². The lowest BCUT2D eigenvalue weighted by Gasteiger charge is -2.34. The lowest BCUT2D eigenvalue weighted by atomic mass is 9.80. The number of hydrogen-bond donors (Lipinski definition) is 1. The molecule has 0 radical (unpaired) electrons. The molecule has 8 heteroatoms. The highest BCUT2D eigenvalue weighted by Gasteiger charge is 2.61. The van der Waals surface area contributed by atoms with E-state index in [2.05, 4.69) is 13.8 Å². The summed E-state index contributed by atoms with van der Waals surface area (Å²) in [6.45, 7) is 10.5. The fourth-order valence-electron chi connectivity index (χ4n) is 6.74. The molecule has 0 amide bonds. The van der Waals surface area contributed by atoms with E-state index in [-0.39, 0.29) is 36.1 Å². The highest BCUT2D eigenvalue weighted by molar-refractivity contribution is 6.03. The Bertz CT molecular complexity index is 1230. The van der Waals surface area contributed by atoms with Crippen LogP contribution in [0.3, 0.4) is 0 Å². The van der Waals surface area contributed by atoms with Crippen molar-refractivity contribution in [3.63, 3.8) is 0 Å². The van der Waals surface area contributed by atoms with Gasteiger partial charge in [0.25, 0.3) is 0 Å². The van der Waals surface area contributed by atoms with Crippen LogP contribution in [0.2, 0.25) is 0 Å². The number of Topliss-reactive ketones (excluding diaryl/α,β-unsaturated/α-hetero) is 1. The molecule has 216 valence electrons. The van der Waals surface area contributed by atoms with E-state index in [1.807, 2.05) is 19.1 Å². The molecule has 7 atom stereocenters. The maximum atomic E-state index is 14.2. The van der Waals surface area contributed by atoms with Gasteiger partial charge in [-0.05, 0) is 59.6 Å². The first-order valence-electron chi connectivity index (χ1n) is 14.0. The molecule has 2 fully saturated rings. The van der Waals surface area contributed by atoms with Crippen LogP contribution in [0.25, 0.3) is 0 Å². The number of aliphatic hydroxyl groups excluding tert-OH is 1. The Morgan fingerprint density at radius 2 is 1.73 bits per heavy atom. The molecule has 2 saturated carbocycles. The molecule has 0 unspecified atom stereocenters. The smallest absolute Gasteiger partial charge is 0.339 e. The number of hydrogen-bond acceptors (Lipinski definition) is 8. The van der Waals surface area contributed by atoms with E-state index in [1.54, 1.807) is 37.3 Å². The molecule has 1 N–H and O–H groups in total. The molecule has 0 spiro atoms. The van der Waals surface area contributed by atoms with Gasteiger partial charge < -0.3 is 19.3 Å². The quantitative estimate of drug-likeness (QED) is 0.308. The van der Waals surface area contributed by atoms with Crippen molar-refractivity contribution in [2.75, 3.05) is 6.61 Å². The van der Waals surface area contributed by atoms with Crippen LogP contribution in [0.1, 0.15) is 72.5 Å². The number of esters is 3. The standard InChI is InChI=1S/C32H40O8/c1-18-14-25-24(31(25,5)6)13-12-22(17-38-20(3)33)15-26-28(19(2)16-32(26,29(18)36)40-21(4)34)39-30(37)27(35)23-10-8-7-9-11-23/h7-11,14-15,19,24-28,35H,12-13,16-17H2,1-6H3/b18-14+,22-15+/t19-,24-,25+,26-,27+,28-,32+/m0/s1. The summed E-state index contributed by atoms with van der Waals surface area (Å²) in [6.07, 6.45) is 2.97. The molecule has 8 nitrogen and oxygen atoms in total. The van der Waals surface area contributed by atoms with Crippen LogP contribution in [0.4, 0.5) is 0 Å². The van der Waals surface area contributed by atoms with Gasteiger partial charge in [0.2, 0.25) is 5.78 Å². The van der Waals surface area contributed by atoms with Crippen LogP contribution in [0.15, 0.2) is 53.6 Å². The van der Waals surface area contributed by atoms with Crippen molar-refractivity contribution in [1.29, 1.82) is 0 Å². The maximum absolute atomic E-state index is 14.2. The van der Waals surface area contributed by atoms with Crippen LogP contribution in [-0.4, -0.2) is 47.1 Å². The molecule has 1 aromatic carbocycles. The van der Waals surface area contributed by atoms with Crippen LogP contribution < -0.4 is 0 Å². The first kappa shape index (κ1) is 29.7. The normalized spacial score (nSPS) is 34.4. The molecule has 3 aliphatic carbocycles. The summed E-state index contributed by atoms with van der Waals surface area (Å²) in [7, 11) is 0. The van der Waals surface area contributed by atoms with Crippen molar-refractivity contribution >= 4 is 23.7 Å². The highest BCUT2D eigenvalue weighted by Crippen LogP contribution is 2.62. The molecule has 0 heterocycles. The third-order valence-corrected chi connectivity index (χ3v) is 8.96. The Morgan fingerprint density at radius 3 is 2.35 bits per heavy atom. The zero-order chi connectivity index (χ0) is 29.4. The lowest BCUT2D eigenvalue weighted by Crippen LogP contribution is -2.49. The van der Waals surface area contributed by atoms with Gasteiger partial charge in [0, 0.05) is 20.3 Å². The Labute approximate surface area is 235 Å². The second-order valence-electron chi connectivity index (χ2n) is 12.2. The van der Waals surface area contributed by atoms with E-state index in [9.17, 15) is 24.3 Å². The number of allylic oxidation sites excluding steroid dienone is 1. The second kappa shape index (κ2) is 11.3. The zero-order valence-electron chi connectivity index (χ0n) is 24.1. The van der Waals surface area contributed by atoms with E-state index in [1.165, 1.54) is 13.8 Å². The third kappa shape index (κ3) is 5.78. The van der Waals surface area contributed by atoms with E-state index in [0.717, 1.165) is 12.0 Å². The lowest BCUT2D eigenvalue weighted by molar-refractivity contribution is -0.172. The van der Waals surface area contributed by atoms with Crippen molar-refractivity contribution in [3.8, 4) is 0 Å². The Morgan fingerprint density at radius 1 is 1.05 bits per heavy atom. The van der Waals surface area contributed by atoms with E-state index in [4.69, 9.17) is 14.2 Å². The average Bonchev–Trinajstić information content (AvgIpc) is 3.30. The van der Waals surface area contributed by atoms with Gasteiger partial charge in [-0.3, -0.25) is 14.4 Å². The molecule has 0 bridgehead atoms. The number of ether oxygens (including phenoxy) is 3. The summed E-state index contributed by atoms with van der Waals surface area (Å²) in [4.78, 5) is 51.6. The number of carbonyl (C=O) groups excluding carboxylic acids is 4. The van der Waals surface area contributed by atoms with E-state index in [0.29, 0.717) is 23.5 Å². The third-order valence-electron chi connectivity index (χ3n) is 8.96. The van der Waals surface area contributed by atoms with Crippen molar-refractivity contribution in [2.24, 2.45) is 29.1 Å². The second-order valence-corrected chi connectivity index (χ2v) is 12.2. The van der Waals surface area contributed by atoms with Gasteiger partial charge in [0.1, 0.15) is 12.7 Å². The van der Waals surface area contributed by atoms with Gasteiger partial charge in [-0.1, -0.05) is 63.3 Å². The molecular formula is C32H40O8. The van der Waals surface area contributed by atoms with Gasteiger partial charge in [-0.25, -0.2) is 4.79 Å². The fraction of sp³-hybridized carbons (Fsp3) is 0.562. The first-order valence-corrected chi connectivity index (χ1v) is 14.0. The summed E-state index contributed by atoms with van der Waals surface area (Å²) >= 11 is 0. The molecule has 4 rings (SSSR count). The Hall–Kier alpha value is -3.26. The molecule has 3 aliphatic rings. The van der Waals surface area contributed by atoms with Crippen molar-refractivity contribution in [2.45, 2.75) is 78.6 Å². The van der Waals surface area contributed by atoms with Gasteiger partial charge in [0.05, 0.1) is 5.92 Å². The predicted molar refractivity (Wildman–Crippen MR) is 147 cm³/mol. The van der Waals surface area contributed by atoms with E-state index < -0.39 is 41.6 Å².